The highest BCUT2D eigenvalue weighted by Gasteiger charge is 2.21. The summed E-state index contributed by atoms with van der Waals surface area (Å²) in [7, 11) is -3.46. The van der Waals surface area contributed by atoms with E-state index in [4.69, 9.17) is 0 Å². The van der Waals surface area contributed by atoms with Gasteiger partial charge in [-0.05, 0) is 6.92 Å². The molecule has 0 atom stereocenters. The van der Waals surface area contributed by atoms with Gasteiger partial charge in [0.1, 0.15) is 0 Å². The van der Waals surface area contributed by atoms with Gasteiger partial charge in [-0.25, -0.2) is 13.2 Å². The summed E-state index contributed by atoms with van der Waals surface area (Å²) in [5.41, 5.74) is -0.135. The summed E-state index contributed by atoms with van der Waals surface area (Å²) in [5, 5.41) is 3.01. The maximum absolute atomic E-state index is 11.3. The Bertz CT molecular complexity index is 447. The van der Waals surface area contributed by atoms with Crippen LogP contribution >= 0.6 is 0 Å². The molecule has 0 aliphatic rings. The molecule has 0 spiro atoms. The molecular formula is C8H11NO5S. The highest BCUT2D eigenvalue weighted by Crippen LogP contribution is 2.13. The molecule has 84 valence electrons. The summed E-state index contributed by atoms with van der Waals surface area (Å²) in [4.78, 5) is 11.1. The Morgan fingerprint density at radius 3 is 2.73 bits per heavy atom. The van der Waals surface area contributed by atoms with Crippen LogP contribution < -0.4 is 0 Å². The van der Waals surface area contributed by atoms with E-state index in [2.05, 4.69) is 14.4 Å². The largest absolute Gasteiger partial charge is 0.461 e. The Labute approximate surface area is 87.1 Å². The van der Waals surface area contributed by atoms with Crippen molar-refractivity contribution in [3.8, 4) is 0 Å². The van der Waals surface area contributed by atoms with Crippen LogP contribution in [-0.2, 0) is 14.6 Å². The van der Waals surface area contributed by atoms with Crippen molar-refractivity contribution >= 4 is 15.8 Å². The van der Waals surface area contributed by atoms with Gasteiger partial charge in [0.05, 0.1) is 12.4 Å². The fraction of sp³-hybridized carbons (Fsp3) is 0.500. The van der Waals surface area contributed by atoms with Gasteiger partial charge in [-0.2, -0.15) is 0 Å². The molecule has 1 heterocycles. The lowest BCUT2D eigenvalue weighted by Gasteiger charge is -1.94. The zero-order valence-electron chi connectivity index (χ0n) is 8.39. The van der Waals surface area contributed by atoms with E-state index in [0.29, 0.717) is 0 Å². The third-order valence-electron chi connectivity index (χ3n) is 1.66. The Morgan fingerprint density at radius 1 is 1.53 bits per heavy atom. The summed E-state index contributed by atoms with van der Waals surface area (Å²) in [5.74, 6) is -0.802. The maximum atomic E-state index is 11.3. The first kappa shape index (κ1) is 11.7. The number of hydrogen-bond donors (Lipinski definition) is 0. The number of aromatic nitrogens is 1. The number of esters is 1. The molecule has 0 fully saturated rings. The van der Waals surface area contributed by atoms with Crippen LogP contribution in [0.3, 0.4) is 0 Å². The number of nitrogens with zero attached hydrogens (tertiary/aromatic N) is 1. The Kier molecular flexibility index (Phi) is 3.46. The summed E-state index contributed by atoms with van der Waals surface area (Å²) >= 11 is 0. The third kappa shape index (κ3) is 2.56. The van der Waals surface area contributed by atoms with Crippen molar-refractivity contribution in [3.63, 3.8) is 0 Å². The average Bonchev–Trinajstić information content (AvgIpc) is 2.67. The fourth-order valence-electron chi connectivity index (χ4n) is 0.849. The fourth-order valence-corrected chi connectivity index (χ4v) is 1.58. The second-order valence-electron chi connectivity index (χ2n) is 2.66. The molecule has 6 nitrogen and oxygen atoms in total. The number of rotatable bonds is 4. The summed E-state index contributed by atoms with van der Waals surface area (Å²) in [6.45, 7) is 3.31. The maximum Gasteiger partial charge on any atom is 0.360 e. The average molecular weight is 233 g/mol. The molecule has 15 heavy (non-hydrogen) atoms. The van der Waals surface area contributed by atoms with Crippen LogP contribution in [0, 0.1) is 0 Å². The van der Waals surface area contributed by atoms with Gasteiger partial charge >= 0.3 is 5.97 Å². The van der Waals surface area contributed by atoms with Crippen molar-refractivity contribution in [1.29, 1.82) is 0 Å². The van der Waals surface area contributed by atoms with E-state index in [1.807, 2.05) is 0 Å². The molecule has 1 rings (SSSR count). The topological polar surface area (TPSA) is 86.5 Å². The lowest BCUT2D eigenvalue weighted by atomic mass is 10.4. The van der Waals surface area contributed by atoms with Crippen LogP contribution in [0.5, 0.6) is 0 Å². The van der Waals surface area contributed by atoms with Crippen LogP contribution in [0.25, 0.3) is 0 Å². The molecule has 7 heteroatoms. The van der Waals surface area contributed by atoms with Crippen molar-refractivity contribution in [2.24, 2.45) is 0 Å². The number of sulfone groups is 1. The quantitative estimate of drug-likeness (QED) is 0.709. The van der Waals surface area contributed by atoms with Gasteiger partial charge in [0.25, 0.3) is 5.09 Å². The highest BCUT2D eigenvalue weighted by atomic mass is 32.2. The summed E-state index contributed by atoms with van der Waals surface area (Å²) < 4.78 is 31.8. The minimum absolute atomic E-state index is 0.107. The SMILES string of the molecule is CCOC(=O)c1cc(S(=O)(=O)CC)on1. The third-order valence-corrected chi connectivity index (χ3v) is 3.23. The Balaban J connectivity index is 2.95. The zero-order valence-corrected chi connectivity index (χ0v) is 9.20. The Hall–Kier alpha value is -1.37. The van der Waals surface area contributed by atoms with Crippen molar-refractivity contribution in [2.45, 2.75) is 18.9 Å². The molecule has 0 amide bonds. The summed E-state index contributed by atoms with van der Waals surface area (Å²) in [6.07, 6.45) is 0. The molecule has 0 radical (unpaired) electrons. The predicted molar refractivity (Wildman–Crippen MR) is 50.2 cm³/mol. The zero-order chi connectivity index (χ0) is 11.5. The second kappa shape index (κ2) is 4.43. The number of carbonyl (C=O) groups excluding carboxylic acids is 1. The van der Waals surface area contributed by atoms with Crippen LogP contribution in [-0.4, -0.2) is 31.9 Å². The lowest BCUT2D eigenvalue weighted by Crippen LogP contribution is -2.05. The van der Waals surface area contributed by atoms with Crippen molar-refractivity contribution in [2.75, 3.05) is 12.4 Å². The van der Waals surface area contributed by atoms with Crippen LogP contribution in [0.1, 0.15) is 24.3 Å². The van der Waals surface area contributed by atoms with E-state index in [1.165, 1.54) is 6.92 Å². The number of ether oxygens (including phenoxy) is 1. The molecule has 0 N–H and O–H groups in total. The van der Waals surface area contributed by atoms with Gasteiger partial charge < -0.3 is 9.26 Å². The normalized spacial score (nSPS) is 11.3. The van der Waals surface area contributed by atoms with E-state index < -0.39 is 15.8 Å². The van der Waals surface area contributed by atoms with Gasteiger partial charge in [0.15, 0.2) is 5.69 Å². The van der Waals surface area contributed by atoms with E-state index in [-0.39, 0.29) is 23.1 Å². The standard InChI is InChI=1S/C8H11NO5S/c1-3-13-8(10)6-5-7(14-9-6)15(11,12)4-2/h5H,3-4H2,1-2H3. The monoisotopic (exact) mass is 233 g/mol. The lowest BCUT2D eigenvalue weighted by molar-refractivity contribution is 0.0514. The predicted octanol–water partition coefficient (Wildman–Crippen LogP) is 0.645. The number of hydrogen-bond acceptors (Lipinski definition) is 6. The van der Waals surface area contributed by atoms with Crippen molar-refractivity contribution in [1.82, 2.24) is 5.16 Å². The number of carbonyl (C=O) groups is 1. The van der Waals surface area contributed by atoms with Crippen molar-refractivity contribution < 1.29 is 22.5 Å². The molecule has 0 aromatic carbocycles. The van der Waals surface area contributed by atoms with E-state index in [1.54, 1.807) is 6.92 Å². The Morgan fingerprint density at radius 2 is 2.20 bits per heavy atom. The van der Waals surface area contributed by atoms with Crippen LogP contribution in [0.15, 0.2) is 15.7 Å². The molecule has 0 bridgehead atoms. The minimum Gasteiger partial charge on any atom is -0.461 e. The first-order chi connectivity index (χ1) is 7.01. The molecule has 1 aromatic heterocycles. The van der Waals surface area contributed by atoms with Gasteiger partial charge in [0.2, 0.25) is 9.84 Å². The van der Waals surface area contributed by atoms with Gasteiger partial charge in [-0.3, -0.25) is 0 Å². The van der Waals surface area contributed by atoms with Crippen LogP contribution in [0.4, 0.5) is 0 Å². The first-order valence-electron chi connectivity index (χ1n) is 4.37. The molecule has 0 saturated carbocycles. The second-order valence-corrected chi connectivity index (χ2v) is 4.86. The molecule has 0 aliphatic carbocycles. The van der Waals surface area contributed by atoms with Gasteiger partial charge in [-0.15, -0.1) is 0 Å². The van der Waals surface area contributed by atoms with Gasteiger partial charge in [-0.1, -0.05) is 12.1 Å². The summed E-state index contributed by atoms with van der Waals surface area (Å²) in [6, 6.07) is 1.07. The van der Waals surface area contributed by atoms with E-state index in [9.17, 15) is 13.2 Å². The molecule has 0 aliphatic heterocycles. The molecular weight excluding hydrogens is 222 g/mol. The van der Waals surface area contributed by atoms with Gasteiger partial charge in [0, 0.05) is 6.07 Å². The molecule has 0 saturated heterocycles. The van der Waals surface area contributed by atoms with E-state index >= 15 is 0 Å². The highest BCUT2D eigenvalue weighted by molar-refractivity contribution is 7.91. The van der Waals surface area contributed by atoms with E-state index in [0.717, 1.165) is 6.07 Å². The van der Waals surface area contributed by atoms with Crippen molar-refractivity contribution in [3.05, 3.63) is 11.8 Å². The minimum atomic E-state index is -3.46. The first-order valence-corrected chi connectivity index (χ1v) is 6.03. The smallest absolute Gasteiger partial charge is 0.360 e. The molecule has 1 aromatic rings. The molecule has 0 unspecified atom stereocenters. The van der Waals surface area contributed by atoms with Crippen LogP contribution in [0.2, 0.25) is 0 Å².